The molecule has 4 nitrogen and oxygen atoms in total. The Morgan fingerprint density at radius 3 is 2.20 bits per heavy atom. The van der Waals surface area contributed by atoms with Crippen molar-refractivity contribution >= 4 is 11.6 Å². The molecule has 1 aliphatic rings. The van der Waals surface area contributed by atoms with Crippen LogP contribution in [0, 0.1) is 5.92 Å². The van der Waals surface area contributed by atoms with Gasteiger partial charge in [-0.3, -0.25) is 9.59 Å². The molecule has 0 aromatic heterocycles. The van der Waals surface area contributed by atoms with E-state index in [0.29, 0.717) is 0 Å². The van der Waals surface area contributed by atoms with E-state index >= 15 is 0 Å². The van der Waals surface area contributed by atoms with Gasteiger partial charge in [0, 0.05) is 18.5 Å². The van der Waals surface area contributed by atoms with Gasteiger partial charge in [0.05, 0.1) is 0 Å². The highest BCUT2D eigenvalue weighted by Crippen LogP contribution is 2.24. The first-order chi connectivity index (χ1) is 7.00. The summed E-state index contributed by atoms with van der Waals surface area (Å²) in [5.74, 6) is -1.94. The van der Waals surface area contributed by atoms with Crippen LogP contribution in [0.3, 0.4) is 0 Å². The monoisotopic (exact) mass is 211 g/mol. The van der Waals surface area contributed by atoms with E-state index in [4.69, 9.17) is 0 Å². The average Bonchev–Trinajstić information content (AvgIpc) is 2.27. The van der Waals surface area contributed by atoms with Crippen molar-refractivity contribution in [2.75, 3.05) is 7.05 Å². The van der Waals surface area contributed by atoms with Gasteiger partial charge in [-0.2, -0.15) is 0 Å². The second-order valence-corrected chi connectivity index (χ2v) is 2.91. The highest BCUT2D eigenvalue weighted by Gasteiger charge is 2.34. The largest absolute Gasteiger partial charge is 0.503 e. The molecular weight excluding hydrogens is 194 g/mol. The van der Waals surface area contributed by atoms with E-state index in [1.54, 1.807) is 6.92 Å². The van der Waals surface area contributed by atoms with Gasteiger partial charge >= 0.3 is 0 Å². The number of ketones is 2. The molecule has 0 bridgehead atoms. The average molecular weight is 211 g/mol. The maximum atomic E-state index is 11.4. The predicted molar refractivity (Wildman–Crippen MR) is 58.4 cm³/mol. The highest BCUT2D eigenvalue weighted by molar-refractivity contribution is 6.19. The van der Waals surface area contributed by atoms with Crippen molar-refractivity contribution in [3.05, 3.63) is 23.6 Å². The second-order valence-electron chi connectivity index (χ2n) is 2.91. The van der Waals surface area contributed by atoms with Crippen LogP contribution in [0.5, 0.6) is 0 Å². The molecule has 0 saturated heterocycles. The number of nitrogens with one attached hydrogen (secondary N) is 1. The van der Waals surface area contributed by atoms with E-state index in [0.717, 1.165) is 0 Å². The Bertz CT molecular complexity index is 329. The van der Waals surface area contributed by atoms with E-state index < -0.39 is 17.5 Å². The van der Waals surface area contributed by atoms with Gasteiger partial charge in [0.15, 0.2) is 11.5 Å². The summed E-state index contributed by atoms with van der Waals surface area (Å²) < 4.78 is 0. The third-order valence-electron chi connectivity index (χ3n) is 2.16. The molecule has 15 heavy (non-hydrogen) atoms. The predicted octanol–water partition coefficient (Wildman–Crippen LogP) is 1.35. The summed E-state index contributed by atoms with van der Waals surface area (Å²) >= 11 is 0. The number of carbonyl (C=O) groups is 2. The zero-order valence-electron chi connectivity index (χ0n) is 9.55. The van der Waals surface area contributed by atoms with E-state index in [2.05, 4.69) is 11.9 Å². The van der Waals surface area contributed by atoms with Crippen LogP contribution in [-0.2, 0) is 9.59 Å². The molecule has 0 aliphatic heterocycles. The molecule has 4 heteroatoms. The van der Waals surface area contributed by atoms with Gasteiger partial charge in [0.1, 0.15) is 5.70 Å². The van der Waals surface area contributed by atoms with Crippen molar-refractivity contribution in [1.82, 2.24) is 5.32 Å². The van der Waals surface area contributed by atoms with Gasteiger partial charge < -0.3 is 10.4 Å². The minimum atomic E-state index is -0.559. The summed E-state index contributed by atoms with van der Waals surface area (Å²) in [5.41, 5.74) is 0.117. The summed E-state index contributed by atoms with van der Waals surface area (Å²) in [4.78, 5) is 22.7. The molecular formula is C11H17NO3. The lowest BCUT2D eigenvalue weighted by atomic mass is 9.86. The molecule has 2 N–H and O–H groups in total. The zero-order valence-corrected chi connectivity index (χ0v) is 9.55. The first kappa shape index (κ1) is 13.4. The summed E-state index contributed by atoms with van der Waals surface area (Å²) in [6.07, 6.45) is 0. The molecule has 1 unspecified atom stereocenters. The molecule has 1 aliphatic carbocycles. The fourth-order valence-corrected chi connectivity index (χ4v) is 1.20. The fourth-order valence-electron chi connectivity index (χ4n) is 1.20. The van der Waals surface area contributed by atoms with Crippen molar-refractivity contribution in [3.63, 3.8) is 0 Å². The number of carbonyl (C=O) groups excluding carboxylic acids is 2. The van der Waals surface area contributed by atoms with Gasteiger partial charge in [-0.05, 0) is 0 Å². The number of aliphatic hydroxyl groups excluding tert-OH is 1. The Hall–Kier alpha value is -1.58. The molecule has 0 amide bonds. The van der Waals surface area contributed by atoms with Crippen LogP contribution < -0.4 is 5.32 Å². The van der Waals surface area contributed by atoms with Crippen LogP contribution in [0.4, 0.5) is 0 Å². The summed E-state index contributed by atoms with van der Waals surface area (Å²) in [6, 6.07) is 0. The minimum Gasteiger partial charge on any atom is -0.503 e. The van der Waals surface area contributed by atoms with Crippen LogP contribution in [-0.4, -0.2) is 23.7 Å². The molecule has 0 radical (unpaired) electrons. The van der Waals surface area contributed by atoms with Gasteiger partial charge in [0.2, 0.25) is 5.78 Å². The summed E-state index contributed by atoms with van der Waals surface area (Å²) in [6.45, 7) is 9.04. The Morgan fingerprint density at radius 1 is 1.33 bits per heavy atom. The van der Waals surface area contributed by atoms with Gasteiger partial charge in [-0.25, -0.2) is 0 Å². The first-order valence-corrected chi connectivity index (χ1v) is 4.89. The minimum absolute atomic E-state index is 0.0232. The van der Waals surface area contributed by atoms with Crippen molar-refractivity contribution in [2.24, 2.45) is 5.92 Å². The third kappa shape index (κ3) is 2.26. The number of aliphatic hydroxyl groups is 1. The molecule has 1 atom stereocenters. The fraction of sp³-hybridized carbons (Fsp3) is 0.455. The summed E-state index contributed by atoms with van der Waals surface area (Å²) in [7, 11) is 1.48. The smallest absolute Gasteiger partial charge is 0.225 e. The van der Waals surface area contributed by atoms with Crippen molar-refractivity contribution in [3.8, 4) is 0 Å². The number of hydrogen-bond acceptors (Lipinski definition) is 4. The Morgan fingerprint density at radius 2 is 1.80 bits per heavy atom. The normalized spacial score (nSPS) is 21.1. The maximum Gasteiger partial charge on any atom is 0.225 e. The van der Waals surface area contributed by atoms with Crippen LogP contribution in [0.15, 0.2) is 23.6 Å². The van der Waals surface area contributed by atoms with Crippen LogP contribution in [0.1, 0.15) is 20.8 Å². The number of hydrogen-bond donors (Lipinski definition) is 2. The molecule has 0 saturated carbocycles. The first-order valence-electron chi connectivity index (χ1n) is 4.89. The van der Waals surface area contributed by atoms with E-state index in [1.165, 1.54) is 7.05 Å². The van der Waals surface area contributed by atoms with E-state index in [1.807, 2.05) is 13.8 Å². The molecule has 1 rings (SSSR count). The Kier molecular flexibility index (Phi) is 4.78. The highest BCUT2D eigenvalue weighted by atomic mass is 16.3. The molecule has 0 aromatic carbocycles. The Labute approximate surface area is 89.7 Å². The number of likely N-dealkylation sites (N-methyl/N-ethyl adjacent to an activating group) is 1. The molecule has 0 spiro atoms. The molecule has 0 heterocycles. The van der Waals surface area contributed by atoms with Gasteiger partial charge in [-0.15, -0.1) is 0 Å². The van der Waals surface area contributed by atoms with E-state index in [9.17, 15) is 14.7 Å². The lowest BCUT2D eigenvalue weighted by molar-refractivity contribution is -0.123. The van der Waals surface area contributed by atoms with Gasteiger partial charge in [-0.1, -0.05) is 27.4 Å². The topological polar surface area (TPSA) is 66.4 Å². The van der Waals surface area contributed by atoms with Crippen LogP contribution >= 0.6 is 0 Å². The SMILES string of the molecule is C=C1C(=O)C(O)=C(NC)C(=O)C1C.CC. The van der Waals surface area contributed by atoms with Crippen LogP contribution in [0.25, 0.3) is 0 Å². The maximum absolute atomic E-state index is 11.4. The number of Topliss-reactive ketones (excluding diaryl/α,β-unsaturated/α-hetero) is 2. The van der Waals surface area contributed by atoms with E-state index in [-0.39, 0.29) is 17.1 Å². The Balaban J connectivity index is 0.000000921. The molecule has 84 valence electrons. The lowest BCUT2D eigenvalue weighted by Crippen LogP contribution is -2.34. The van der Waals surface area contributed by atoms with Crippen molar-refractivity contribution in [2.45, 2.75) is 20.8 Å². The molecule has 0 aromatic rings. The number of allylic oxidation sites excluding steroid dienone is 2. The van der Waals surface area contributed by atoms with Gasteiger partial charge in [0.25, 0.3) is 0 Å². The van der Waals surface area contributed by atoms with Crippen LogP contribution in [0.2, 0.25) is 0 Å². The van der Waals surface area contributed by atoms with Crippen molar-refractivity contribution < 1.29 is 14.7 Å². The zero-order chi connectivity index (χ0) is 12.2. The second kappa shape index (κ2) is 5.34. The quantitative estimate of drug-likeness (QED) is 0.642. The summed E-state index contributed by atoms with van der Waals surface area (Å²) in [5, 5.41) is 11.8. The third-order valence-corrected chi connectivity index (χ3v) is 2.16. The lowest BCUT2D eigenvalue weighted by Gasteiger charge is -2.20. The molecule has 0 fully saturated rings. The standard InChI is InChI=1S/C9H11NO3.C2H6/c1-4-5(2)8(12)9(13)6(10-3)7(4)11;1-2/h4,10,13H,2H2,1,3H3;1-2H3. The van der Waals surface area contributed by atoms with Crippen molar-refractivity contribution in [1.29, 1.82) is 0 Å². The number of rotatable bonds is 1.